The van der Waals surface area contributed by atoms with E-state index >= 15 is 0 Å². The second-order valence-corrected chi connectivity index (χ2v) is 3.79. The van der Waals surface area contributed by atoms with Crippen molar-refractivity contribution in [3.63, 3.8) is 0 Å². The highest BCUT2D eigenvalue weighted by Crippen LogP contribution is 2.40. The summed E-state index contributed by atoms with van der Waals surface area (Å²) < 4.78 is 0. The van der Waals surface area contributed by atoms with Gasteiger partial charge in [-0.05, 0) is 12.8 Å². The number of fused-ring (bicyclic) bond motifs is 1. The molecule has 3 heteroatoms. The van der Waals surface area contributed by atoms with E-state index in [-0.39, 0.29) is 18.1 Å². The highest BCUT2D eigenvalue weighted by atomic mass is 16.3. The van der Waals surface area contributed by atoms with Gasteiger partial charge in [0.1, 0.15) is 0 Å². The Morgan fingerprint density at radius 2 is 2.42 bits per heavy atom. The third kappa shape index (κ3) is 0.829. The molecule has 2 saturated heterocycles. The minimum Gasteiger partial charge on any atom is -0.394 e. The van der Waals surface area contributed by atoms with E-state index in [9.17, 15) is 9.90 Å². The summed E-state index contributed by atoms with van der Waals surface area (Å²) in [5, 5.41) is 9.23. The molecular weight excluding hydrogens is 154 g/mol. The maximum absolute atomic E-state index is 11.3. The van der Waals surface area contributed by atoms with Gasteiger partial charge in [-0.25, -0.2) is 0 Å². The molecule has 1 N–H and O–H groups in total. The van der Waals surface area contributed by atoms with Crippen LogP contribution in [0.3, 0.4) is 0 Å². The van der Waals surface area contributed by atoms with Gasteiger partial charge in [-0.15, -0.1) is 0 Å². The van der Waals surface area contributed by atoms with E-state index in [1.807, 2.05) is 0 Å². The van der Waals surface area contributed by atoms with Crippen molar-refractivity contribution in [2.75, 3.05) is 13.2 Å². The first kappa shape index (κ1) is 7.80. The quantitative estimate of drug-likeness (QED) is 0.571. The summed E-state index contributed by atoms with van der Waals surface area (Å²) in [7, 11) is 0. The van der Waals surface area contributed by atoms with E-state index in [4.69, 9.17) is 0 Å². The van der Waals surface area contributed by atoms with Crippen molar-refractivity contribution in [3.05, 3.63) is 12.2 Å². The Morgan fingerprint density at radius 1 is 1.67 bits per heavy atom. The maximum Gasteiger partial charge on any atom is 0.223 e. The molecular formula is C9H13NO2. The van der Waals surface area contributed by atoms with Crippen molar-refractivity contribution in [2.45, 2.75) is 24.8 Å². The fraction of sp³-hybridized carbons (Fsp3) is 0.667. The number of rotatable bonds is 1. The average Bonchev–Trinajstić information content (AvgIpc) is 2.51. The van der Waals surface area contributed by atoms with Crippen LogP contribution in [0.1, 0.15) is 19.3 Å². The van der Waals surface area contributed by atoms with Crippen molar-refractivity contribution >= 4 is 5.91 Å². The van der Waals surface area contributed by atoms with Gasteiger partial charge >= 0.3 is 0 Å². The van der Waals surface area contributed by atoms with Gasteiger partial charge in [0.05, 0.1) is 12.1 Å². The fourth-order valence-electron chi connectivity index (χ4n) is 2.28. The molecule has 2 heterocycles. The molecule has 0 aromatic rings. The van der Waals surface area contributed by atoms with Gasteiger partial charge in [-0.3, -0.25) is 4.79 Å². The summed E-state index contributed by atoms with van der Waals surface area (Å²) >= 11 is 0. The lowest BCUT2D eigenvalue weighted by atomic mass is 9.94. The smallest absolute Gasteiger partial charge is 0.223 e. The maximum atomic E-state index is 11.3. The first-order chi connectivity index (χ1) is 5.68. The number of nitrogens with zero attached hydrogens (tertiary/aromatic N) is 1. The van der Waals surface area contributed by atoms with Crippen LogP contribution in [-0.4, -0.2) is 34.6 Å². The third-order valence-electron chi connectivity index (χ3n) is 2.93. The molecule has 0 bridgehead atoms. The molecule has 2 rings (SSSR count). The van der Waals surface area contributed by atoms with Crippen LogP contribution in [0.25, 0.3) is 0 Å². The zero-order chi connectivity index (χ0) is 8.77. The van der Waals surface area contributed by atoms with E-state index in [0.29, 0.717) is 13.0 Å². The number of hydrogen-bond donors (Lipinski definition) is 1. The summed E-state index contributed by atoms with van der Waals surface area (Å²) in [4.78, 5) is 13.1. The summed E-state index contributed by atoms with van der Waals surface area (Å²) in [6.07, 6.45) is 2.17. The van der Waals surface area contributed by atoms with E-state index < -0.39 is 0 Å². The Hall–Kier alpha value is -0.830. The molecule has 1 amide bonds. The summed E-state index contributed by atoms with van der Waals surface area (Å²) in [6, 6.07) is 0. The number of hydrogen-bond acceptors (Lipinski definition) is 2. The SMILES string of the molecule is C=C1CN2C(=O)CCC2(CO)C1. The highest BCUT2D eigenvalue weighted by Gasteiger charge is 2.49. The monoisotopic (exact) mass is 167 g/mol. The van der Waals surface area contributed by atoms with Crippen LogP contribution >= 0.6 is 0 Å². The molecule has 2 aliphatic rings. The van der Waals surface area contributed by atoms with Crippen LogP contribution in [0.5, 0.6) is 0 Å². The molecule has 1 atom stereocenters. The van der Waals surface area contributed by atoms with Gasteiger partial charge in [0.2, 0.25) is 5.91 Å². The number of amides is 1. The lowest BCUT2D eigenvalue weighted by molar-refractivity contribution is -0.130. The molecule has 1 unspecified atom stereocenters. The Labute approximate surface area is 71.7 Å². The van der Waals surface area contributed by atoms with Crippen LogP contribution in [0.4, 0.5) is 0 Å². The second kappa shape index (κ2) is 2.33. The second-order valence-electron chi connectivity index (χ2n) is 3.79. The van der Waals surface area contributed by atoms with Gasteiger partial charge in [-0.1, -0.05) is 12.2 Å². The minimum absolute atomic E-state index is 0.0811. The average molecular weight is 167 g/mol. The van der Waals surface area contributed by atoms with Crippen molar-refractivity contribution < 1.29 is 9.90 Å². The Balaban J connectivity index is 2.30. The van der Waals surface area contributed by atoms with Crippen LogP contribution in [0, 0.1) is 0 Å². The van der Waals surface area contributed by atoms with Crippen LogP contribution < -0.4 is 0 Å². The summed E-state index contributed by atoms with van der Waals surface area (Å²) in [5.74, 6) is 0.169. The first-order valence-electron chi connectivity index (χ1n) is 4.26. The zero-order valence-electron chi connectivity index (χ0n) is 7.05. The largest absolute Gasteiger partial charge is 0.394 e. The summed E-state index contributed by atoms with van der Waals surface area (Å²) in [5.41, 5.74) is 0.797. The third-order valence-corrected chi connectivity index (χ3v) is 2.93. The molecule has 0 aliphatic carbocycles. The van der Waals surface area contributed by atoms with Crippen molar-refractivity contribution in [3.8, 4) is 0 Å². The van der Waals surface area contributed by atoms with Gasteiger partial charge in [0.15, 0.2) is 0 Å². The molecule has 66 valence electrons. The Morgan fingerprint density at radius 3 is 3.00 bits per heavy atom. The lowest BCUT2D eigenvalue weighted by Gasteiger charge is -2.28. The number of aliphatic hydroxyl groups is 1. The van der Waals surface area contributed by atoms with Crippen LogP contribution in [0.15, 0.2) is 12.2 Å². The molecule has 0 saturated carbocycles. The van der Waals surface area contributed by atoms with Gasteiger partial charge in [0.25, 0.3) is 0 Å². The van der Waals surface area contributed by atoms with Gasteiger partial charge in [-0.2, -0.15) is 0 Å². The van der Waals surface area contributed by atoms with E-state index in [1.165, 1.54) is 0 Å². The normalized spacial score (nSPS) is 34.6. The molecule has 0 spiro atoms. The van der Waals surface area contributed by atoms with E-state index in [2.05, 4.69) is 6.58 Å². The molecule has 0 radical (unpaired) electrons. The van der Waals surface area contributed by atoms with Gasteiger partial charge < -0.3 is 10.0 Å². The topological polar surface area (TPSA) is 40.5 Å². The van der Waals surface area contributed by atoms with Gasteiger partial charge in [0, 0.05) is 13.0 Å². The molecule has 12 heavy (non-hydrogen) atoms. The van der Waals surface area contributed by atoms with Crippen molar-refractivity contribution in [1.82, 2.24) is 4.90 Å². The number of carbonyl (C=O) groups excluding carboxylic acids is 1. The lowest BCUT2D eigenvalue weighted by Crippen LogP contribution is -2.43. The molecule has 0 aromatic heterocycles. The highest BCUT2D eigenvalue weighted by molar-refractivity contribution is 5.81. The van der Waals surface area contributed by atoms with Crippen LogP contribution in [-0.2, 0) is 4.79 Å². The predicted molar refractivity (Wildman–Crippen MR) is 44.5 cm³/mol. The van der Waals surface area contributed by atoms with Crippen molar-refractivity contribution in [2.24, 2.45) is 0 Å². The fourth-order valence-corrected chi connectivity index (χ4v) is 2.28. The molecule has 2 fully saturated rings. The van der Waals surface area contributed by atoms with E-state index in [0.717, 1.165) is 18.4 Å². The zero-order valence-corrected chi connectivity index (χ0v) is 7.05. The van der Waals surface area contributed by atoms with Crippen molar-refractivity contribution in [1.29, 1.82) is 0 Å². The molecule has 0 aromatic carbocycles. The Kier molecular flexibility index (Phi) is 1.51. The van der Waals surface area contributed by atoms with Crippen LogP contribution in [0.2, 0.25) is 0 Å². The standard InChI is InChI=1S/C9H13NO2/c1-7-4-9(6-11)3-2-8(12)10(9)5-7/h11H,1-6H2. The first-order valence-corrected chi connectivity index (χ1v) is 4.26. The number of aliphatic hydroxyl groups excluding tert-OH is 1. The number of carbonyl (C=O) groups is 1. The molecule has 2 aliphatic heterocycles. The summed E-state index contributed by atoms with van der Waals surface area (Å²) in [6.45, 7) is 4.59. The minimum atomic E-state index is -0.270. The molecule has 3 nitrogen and oxygen atoms in total. The Bertz CT molecular complexity index is 249. The predicted octanol–water partition coefficient (Wildman–Crippen LogP) is 0.300. The van der Waals surface area contributed by atoms with E-state index in [1.54, 1.807) is 4.90 Å².